The number of hydrogen-bond donors (Lipinski definition) is 2. The zero-order valence-electron chi connectivity index (χ0n) is 17.3. The third kappa shape index (κ3) is 4.04. The number of likely N-dealkylation sites (N-methyl/N-ethyl adjacent to an activating group) is 1. The van der Waals surface area contributed by atoms with Gasteiger partial charge in [-0.2, -0.15) is 10.4 Å². The van der Waals surface area contributed by atoms with Crippen LogP contribution in [0.3, 0.4) is 0 Å². The average Bonchev–Trinajstić information content (AvgIpc) is 3.24. The van der Waals surface area contributed by atoms with Crippen molar-refractivity contribution in [3.63, 3.8) is 0 Å². The fourth-order valence-electron chi connectivity index (χ4n) is 3.49. The lowest BCUT2D eigenvalue weighted by atomic mass is 10.1. The molecule has 4 rings (SSSR count). The number of rotatable bonds is 5. The van der Waals surface area contributed by atoms with Crippen LogP contribution < -0.4 is 15.0 Å². The zero-order chi connectivity index (χ0) is 21.1. The summed E-state index contributed by atoms with van der Waals surface area (Å²) in [5.74, 6) is 1.90. The molecule has 2 N–H and O–H groups in total. The molecule has 0 aliphatic carbocycles. The van der Waals surface area contributed by atoms with Crippen LogP contribution in [0, 0.1) is 11.3 Å². The highest BCUT2D eigenvalue weighted by atomic mass is 16.5. The van der Waals surface area contributed by atoms with Crippen LogP contribution in [0.4, 0.5) is 17.3 Å². The Labute approximate surface area is 175 Å². The molecule has 3 heterocycles. The summed E-state index contributed by atoms with van der Waals surface area (Å²) < 4.78 is 5.67. The van der Waals surface area contributed by atoms with Crippen molar-refractivity contribution in [1.82, 2.24) is 25.1 Å². The van der Waals surface area contributed by atoms with Gasteiger partial charge in [0.05, 0.1) is 25.2 Å². The number of H-pyrrole nitrogens is 1. The Morgan fingerprint density at radius 1 is 1.20 bits per heavy atom. The average molecular weight is 404 g/mol. The summed E-state index contributed by atoms with van der Waals surface area (Å²) in [6.07, 6.45) is 2.91. The highest BCUT2D eigenvalue weighted by Gasteiger charge is 2.22. The molecule has 2 aromatic heterocycles. The largest absolute Gasteiger partial charge is 0.496 e. The predicted octanol–water partition coefficient (Wildman–Crippen LogP) is 2.63. The maximum atomic E-state index is 8.82. The zero-order valence-corrected chi connectivity index (χ0v) is 17.3. The Morgan fingerprint density at radius 2 is 2.07 bits per heavy atom. The lowest BCUT2D eigenvalue weighted by Crippen LogP contribution is -2.50. The fraction of sp³-hybridized carbons (Fsp3) is 0.333. The molecule has 154 valence electrons. The second-order valence-electron chi connectivity index (χ2n) is 7.35. The van der Waals surface area contributed by atoms with Gasteiger partial charge in [-0.1, -0.05) is 0 Å². The SMILES string of the molecule is COc1cc(N2CCN(C)C(C)C2)ccc1-c1cc(Nc2cnc(C#N)cn2)n[nH]1. The molecule has 0 bridgehead atoms. The number of hydrogen-bond acceptors (Lipinski definition) is 8. The van der Waals surface area contributed by atoms with Crippen molar-refractivity contribution < 1.29 is 4.74 Å². The van der Waals surface area contributed by atoms with E-state index in [0.29, 0.717) is 17.7 Å². The Balaban J connectivity index is 1.53. The molecule has 0 saturated carbocycles. The molecule has 9 nitrogen and oxygen atoms in total. The third-order valence-corrected chi connectivity index (χ3v) is 5.40. The molecular formula is C21H24N8O. The van der Waals surface area contributed by atoms with Gasteiger partial charge in [0.25, 0.3) is 0 Å². The van der Waals surface area contributed by atoms with Gasteiger partial charge in [0, 0.05) is 49.1 Å². The van der Waals surface area contributed by atoms with Crippen molar-refractivity contribution >= 4 is 17.3 Å². The number of ether oxygens (including phenoxy) is 1. The number of nitrogens with zero attached hydrogens (tertiary/aromatic N) is 6. The number of nitriles is 1. The molecule has 3 aromatic rings. The summed E-state index contributed by atoms with van der Waals surface area (Å²) in [4.78, 5) is 12.9. The molecule has 0 spiro atoms. The molecule has 1 aliphatic heterocycles. The minimum absolute atomic E-state index is 0.267. The van der Waals surface area contributed by atoms with E-state index >= 15 is 0 Å². The van der Waals surface area contributed by atoms with Crippen LogP contribution in [-0.4, -0.2) is 64.9 Å². The van der Waals surface area contributed by atoms with Crippen molar-refractivity contribution in [3.8, 4) is 23.1 Å². The number of benzene rings is 1. The smallest absolute Gasteiger partial charge is 0.158 e. The van der Waals surface area contributed by atoms with Gasteiger partial charge in [0.15, 0.2) is 11.5 Å². The fourth-order valence-corrected chi connectivity index (χ4v) is 3.49. The van der Waals surface area contributed by atoms with Crippen LogP contribution >= 0.6 is 0 Å². The van der Waals surface area contributed by atoms with Gasteiger partial charge in [0.2, 0.25) is 0 Å². The first-order valence-corrected chi connectivity index (χ1v) is 9.75. The molecule has 0 radical (unpaired) electrons. The van der Waals surface area contributed by atoms with E-state index in [2.05, 4.69) is 67.5 Å². The van der Waals surface area contributed by atoms with E-state index in [1.807, 2.05) is 12.1 Å². The first-order valence-electron chi connectivity index (χ1n) is 9.75. The molecular weight excluding hydrogens is 380 g/mol. The topological polar surface area (TPSA) is 106 Å². The van der Waals surface area contributed by atoms with Crippen LogP contribution in [-0.2, 0) is 0 Å². The molecule has 1 atom stereocenters. The maximum absolute atomic E-state index is 8.82. The Kier molecular flexibility index (Phi) is 5.50. The van der Waals surface area contributed by atoms with Gasteiger partial charge in [-0.25, -0.2) is 9.97 Å². The third-order valence-electron chi connectivity index (χ3n) is 5.40. The predicted molar refractivity (Wildman–Crippen MR) is 115 cm³/mol. The van der Waals surface area contributed by atoms with E-state index in [1.165, 1.54) is 12.4 Å². The van der Waals surface area contributed by atoms with E-state index in [0.717, 1.165) is 42.3 Å². The summed E-state index contributed by atoms with van der Waals surface area (Å²) in [6.45, 7) is 5.27. The van der Waals surface area contributed by atoms with Crippen LogP contribution in [0.5, 0.6) is 5.75 Å². The van der Waals surface area contributed by atoms with Crippen molar-refractivity contribution in [3.05, 3.63) is 42.4 Å². The minimum atomic E-state index is 0.267. The molecule has 1 fully saturated rings. The van der Waals surface area contributed by atoms with Crippen LogP contribution in [0.25, 0.3) is 11.3 Å². The summed E-state index contributed by atoms with van der Waals surface area (Å²) in [6, 6.07) is 10.6. The second-order valence-corrected chi connectivity index (χ2v) is 7.35. The van der Waals surface area contributed by atoms with E-state index in [1.54, 1.807) is 7.11 Å². The maximum Gasteiger partial charge on any atom is 0.158 e. The van der Waals surface area contributed by atoms with Crippen molar-refractivity contribution in [2.75, 3.05) is 44.0 Å². The van der Waals surface area contributed by atoms with E-state index < -0.39 is 0 Å². The summed E-state index contributed by atoms with van der Waals surface area (Å²) in [5.41, 5.74) is 3.17. The quantitative estimate of drug-likeness (QED) is 0.668. The highest BCUT2D eigenvalue weighted by Crippen LogP contribution is 2.34. The van der Waals surface area contributed by atoms with Gasteiger partial charge in [-0.3, -0.25) is 5.10 Å². The van der Waals surface area contributed by atoms with Crippen molar-refractivity contribution in [1.29, 1.82) is 5.26 Å². The summed E-state index contributed by atoms with van der Waals surface area (Å²) >= 11 is 0. The number of piperazine rings is 1. The monoisotopic (exact) mass is 404 g/mol. The molecule has 1 aliphatic rings. The Bertz CT molecular complexity index is 1060. The molecule has 30 heavy (non-hydrogen) atoms. The number of methoxy groups -OCH3 is 1. The van der Waals surface area contributed by atoms with E-state index in [4.69, 9.17) is 10.00 Å². The number of nitrogens with one attached hydrogen (secondary N) is 2. The second kappa shape index (κ2) is 8.39. The first-order chi connectivity index (χ1) is 14.6. The van der Waals surface area contributed by atoms with E-state index in [-0.39, 0.29) is 5.69 Å². The van der Waals surface area contributed by atoms with Gasteiger partial charge in [-0.05, 0) is 26.1 Å². The Morgan fingerprint density at radius 3 is 2.77 bits per heavy atom. The summed E-state index contributed by atoms with van der Waals surface area (Å²) in [5, 5.41) is 19.2. The van der Waals surface area contributed by atoms with Crippen LogP contribution in [0.2, 0.25) is 0 Å². The lowest BCUT2D eigenvalue weighted by molar-refractivity contribution is 0.234. The standard InChI is InChI=1S/C21H24N8O/c1-14-13-29(7-6-28(14)2)16-4-5-17(19(8-16)30-3)18-9-20(27-26-18)25-21-12-23-15(10-22)11-24-21/h4-5,8-9,11-12,14H,6-7,13H2,1-3H3,(H2,24,25,26,27). The first kappa shape index (κ1) is 19.7. The molecule has 1 saturated heterocycles. The summed E-state index contributed by atoms with van der Waals surface area (Å²) in [7, 11) is 3.84. The van der Waals surface area contributed by atoms with Crippen LogP contribution in [0.1, 0.15) is 12.6 Å². The molecule has 1 aromatic carbocycles. The molecule has 0 amide bonds. The van der Waals surface area contributed by atoms with Gasteiger partial charge in [0.1, 0.15) is 17.6 Å². The number of anilines is 3. The minimum Gasteiger partial charge on any atom is -0.496 e. The normalized spacial score (nSPS) is 16.9. The van der Waals surface area contributed by atoms with Gasteiger partial charge in [-0.15, -0.1) is 0 Å². The Hall–Kier alpha value is -3.64. The number of aromatic amines is 1. The highest BCUT2D eigenvalue weighted by molar-refractivity contribution is 5.73. The van der Waals surface area contributed by atoms with Crippen LogP contribution in [0.15, 0.2) is 36.7 Å². The number of aromatic nitrogens is 4. The van der Waals surface area contributed by atoms with E-state index in [9.17, 15) is 0 Å². The molecule has 1 unspecified atom stereocenters. The van der Waals surface area contributed by atoms with Crippen molar-refractivity contribution in [2.24, 2.45) is 0 Å². The van der Waals surface area contributed by atoms with Gasteiger partial charge < -0.3 is 19.9 Å². The van der Waals surface area contributed by atoms with Crippen molar-refractivity contribution in [2.45, 2.75) is 13.0 Å². The molecule has 9 heteroatoms. The van der Waals surface area contributed by atoms with Gasteiger partial charge >= 0.3 is 0 Å². The lowest BCUT2D eigenvalue weighted by Gasteiger charge is -2.39.